The number of aryl methyl sites for hydroxylation is 1. The Kier molecular flexibility index (Phi) is 1.72. The standard InChI is InChI=1S/C5H5ClFN3/c1-2-3(8)4(7)10-5(6)9-2/h8H2,1H3. The van der Waals surface area contributed by atoms with Crippen LogP contribution in [-0.4, -0.2) is 9.97 Å². The third-order valence-corrected chi connectivity index (χ3v) is 1.23. The molecule has 0 aliphatic rings. The quantitative estimate of drug-likeness (QED) is 0.459. The Morgan fingerprint density at radius 1 is 1.50 bits per heavy atom. The maximum Gasteiger partial charge on any atom is 0.240 e. The summed E-state index contributed by atoms with van der Waals surface area (Å²) >= 11 is 5.30. The molecule has 2 N–H and O–H groups in total. The van der Waals surface area contributed by atoms with Gasteiger partial charge in [-0.3, -0.25) is 0 Å². The highest BCUT2D eigenvalue weighted by Crippen LogP contribution is 2.12. The molecule has 1 rings (SSSR count). The lowest BCUT2D eigenvalue weighted by Crippen LogP contribution is -2.00. The van der Waals surface area contributed by atoms with E-state index in [1.165, 1.54) is 0 Å². The van der Waals surface area contributed by atoms with E-state index < -0.39 is 5.95 Å². The van der Waals surface area contributed by atoms with Gasteiger partial charge >= 0.3 is 0 Å². The van der Waals surface area contributed by atoms with Crippen LogP contribution in [0.3, 0.4) is 0 Å². The average molecular weight is 162 g/mol. The molecule has 0 unspecified atom stereocenters. The van der Waals surface area contributed by atoms with Crippen LogP contribution in [0.5, 0.6) is 0 Å². The summed E-state index contributed by atoms with van der Waals surface area (Å²) in [4.78, 5) is 6.82. The fourth-order valence-corrected chi connectivity index (χ4v) is 0.715. The van der Waals surface area contributed by atoms with Crippen molar-refractivity contribution in [1.29, 1.82) is 0 Å². The smallest absolute Gasteiger partial charge is 0.240 e. The largest absolute Gasteiger partial charge is 0.394 e. The predicted molar refractivity (Wildman–Crippen MR) is 36.1 cm³/mol. The number of nitrogens with two attached hydrogens (primary N) is 1. The molecule has 0 aliphatic carbocycles. The van der Waals surface area contributed by atoms with Gasteiger partial charge in [0.05, 0.1) is 5.69 Å². The van der Waals surface area contributed by atoms with Gasteiger partial charge in [0.2, 0.25) is 11.2 Å². The van der Waals surface area contributed by atoms with Crippen molar-refractivity contribution in [3.63, 3.8) is 0 Å². The molecule has 1 aromatic rings. The van der Waals surface area contributed by atoms with E-state index >= 15 is 0 Å². The van der Waals surface area contributed by atoms with Crippen LogP contribution in [0.25, 0.3) is 0 Å². The van der Waals surface area contributed by atoms with E-state index in [1.807, 2.05) is 0 Å². The van der Waals surface area contributed by atoms with Gasteiger partial charge in [-0.2, -0.15) is 9.37 Å². The Morgan fingerprint density at radius 2 is 2.10 bits per heavy atom. The molecule has 10 heavy (non-hydrogen) atoms. The number of aromatic nitrogens is 2. The topological polar surface area (TPSA) is 51.8 Å². The third kappa shape index (κ3) is 1.16. The molecule has 54 valence electrons. The molecule has 0 spiro atoms. The van der Waals surface area contributed by atoms with Crippen LogP contribution in [-0.2, 0) is 0 Å². The lowest BCUT2D eigenvalue weighted by molar-refractivity contribution is 0.583. The van der Waals surface area contributed by atoms with Gasteiger partial charge in [0.1, 0.15) is 5.69 Å². The number of rotatable bonds is 0. The van der Waals surface area contributed by atoms with Gasteiger partial charge in [-0.15, -0.1) is 0 Å². The highest BCUT2D eigenvalue weighted by atomic mass is 35.5. The van der Waals surface area contributed by atoms with Crippen molar-refractivity contribution in [2.75, 3.05) is 5.73 Å². The first-order valence-corrected chi connectivity index (χ1v) is 2.94. The molecule has 0 amide bonds. The molecule has 0 bridgehead atoms. The van der Waals surface area contributed by atoms with Gasteiger partial charge in [-0.05, 0) is 18.5 Å². The van der Waals surface area contributed by atoms with Crippen LogP contribution in [0.2, 0.25) is 5.28 Å². The molecule has 0 saturated carbocycles. The van der Waals surface area contributed by atoms with Gasteiger partial charge in [0, 0.05) is 0 Å². The minimum Gasteiger partial charge on any atom is -0.394 e. The molecular weight excluding hydrogens is 157 g/mol. The number of nitrogen functional groups attached to an aromatic ring is 1. The number of nitrogens with zero attached hydrogens (tertiary/aromatic N) is 2. The van der Waals surface area contributed by atoms with Crippen LogP contribution < -0.4 is 5.73 Å². The summed E-state index contributed by atoms with van der Waals surface area (Å²) in [5, 5.41) is -0.121. The lowest BCUT2D eigenvalue weighted by atomic mass is 10.4. The normalized spacial score (nSPS) is 9.90. The minimum absolute atomic E-state index is 0.0515. The van der Waals surface area contributed by atoms with Gasteiger partial charge < -0.3 is 5.73 Å². The summed E-state index contributed by atoms with van der Waals surface area (Å²) in [5.41, 5.74) is 5.50. The third-order valence-electron chi connectivity index (χ3n) is 1.06. The second-order valence-electron chi connectivity index (χ2n) is 1.78. The van der Waals surface area contributed by atoms with Crippen molar-refractivity contribution >= 4 is 17.3 Å². The van der Waals surface area contributed by atoms with E-state index in [9.17, 15) is 4.39 Å². The Bertz CT molecular complexity index is 240. The Hall–Kier alpha value is -0.900. The molecule has 3 nitrogen and oxygen atoms in total. The fraction of sp³-hybridized carbons (Fsp3) is 0.200. The van der Waals surface area contributed by atoms with E-state index in [2.05, 4.69) is 9.97 Å². The zero-order chi connectivity index (χ0) is 7.72. The predicted octanol–water partition coefficient (Wildman–Crippen LogP) is 1.16. The molecule has 0 atom stereocenters. The second-order valence-corrected chi connectivity index (χ2v) is 2.12. The summed E-state index contributed by atoms with van der Waals surface area (Å²) in [6, 6.07) is 0. The van der Waals surface area contributed by atoms with Gasteiger partial charge in [0.25, 0.3) is 0 Å². The maximum absolute atomic E-state index is 12.5. The molecule has 0 aromatic carbocycles. The highest BCUT2D eigenvalue weighted by Gasteiger charge is 2.05. The summed E-state index contributed by atoms with van der Waals surface area (Å²) in [7, 11) is 0. The van der Waals surface area contributed by atoms with Crippen LogP contribution >= 0.6 is 11.6 Å². The van der Waals surface area contributed by atoms with Crippen molar-refractivity contribution in [2.24, 2.45) is 0 Å². The molecule has 0 saturated heterocycles. The number of hydrogen-bond acceptors (Lipinski definition) is 3. The van der Waals surface area contributed by atoms with Crippen molar-refractivity contribution in [3.05, 3.63) is 16.9 Å². The molecule has 1 heterocycles. The van der Waals surface area contributed by atoms with E-state index in [0.717, 1.165) is 0 Å². The Morgan fingerprint density at radius 3 is 2.60 bits per heavy atom. The highest BCUT2D eigenvalue weighted by molar-refractivity contribution is 6.28. The fourth-order valence-electron chi connectivity index (χ4n) is 0.514. The van der Waals surface area contributed by atoms with Crippen molar-refractivity contribution in [1.82, 2.24) is 9.97 Å². The number of halogens is 2. The first-order chi connectivity index (χ1) is 4.61. The van der Waals surface area contributed by atoms with Crippen LogP contribution in [0.15, 0.2) is 0 Å². The van der Waals surface area contributed by atoms with E-state index in [1.54, 1.807) is 6.92 Å². The molecule has 0 radical (unpaired) electrons. The lowest BCUT2D eigenvalue weighted by Gasteiger charge is -1.98. The van der Waals surface area contributed by atoms with Crippen LogP contribution in [0.4, 0.5) is 10.1 Å². The second kappa shape index (κ2) is 2.38. The number of hydrogen-bond donors (Lipinski definition) is 1. The first kappa shape index (κ1) is 7.21. The molecular formula is C5H5ClFN3. The van der Waals surface area contributed by atoms with Crippen molar-refractivity contribution in [2.45, 2.75) is 6.92 Å². The zero-order valence-corrected chi connectivity index (χ0v) is 5.98. The van der Waals surface area contributed by atoms with Gasteiger partial charge in [-0.1, -0.05) is 0 Å². The van der Waals surface area contributed by atoms with E-state index in [-0.39, 0.29) is 11.0 Å². The van der Waals surface area contributed by atoms with Crippen molar-refractivity contribution in [3.8, 4) is 0 Å². The van der Waals surface area contributed by atoms with Gasteiger partial charge in [-0.25, -0.2) is 4.98 Å². The van der Waals surface area contributed by atoms with E-state index in [4.69, 9.17) is 17.3 Å². The summed E-state index contributed by atoms with van der Waals surface area (Å²) in [6.45, 7) is 1.56. The SMILES string of the molecule is Cc1nc(Cl)nc(F)c1N. The molecule has 0 fully saturated rings. The zero-order valence-electron chi connectivity index (χ0n) is 5.23. The first-order valence-electron chi connectivity index (χ1n) is 2.56. The monoisotopic (exact) mass is 161 g/mol. The van der Waals surface area contributed by atoms with Crippen molar-refractivity contribution < 1.29 is 4.39 Å². The molecule has 0 aliphatic heterocycles. The molecule has 1 aromatic heterocycles. The Balaban J connectivity index is 3.31. The van der Waals surface area contributed by atoms with Gasteiger partial charge in [0.15, 0.2) is 0 Å². The van der Waals surface area contributed by atoms with Crippen LogP contribution in [0.1, 0.15) is 5.69 Å². The van der Waals surface area contributed by atoms with Crippen LogP contribution in [0, 0.1) is 12.9 Å². The average Bonchev–Trinajstić information content (AvgIpc) is 1.82. The summed E-state index contributed by atoms with van der Waals surface area (Å²) in [6.07, 6.45) is 0. The summed E-state index contributed by atoms with van der Waals surface area (Å²) < 4.78 is 12.5. The molecule has 5 heteroatoms. The number of anilines is 1. The Labute approximate surface area is 62.0 Å². The minimum atomic E-state index is -0.766. The maximum atomic E-state index is 12.5. The summed E-state index contributed by atoms with van der Waals surface area (Å²) in [5.74, 6) is -0.766. The van der Waals surface area contributed by atoms with E-state index in [0.29, 0.717) is 5.69 Å².